The van der Waals surface area contributed by atoms with E-state index in [1.807, 2.05) is 20.8 Å². The molecule has 1 rings (SSSR count). The summed E-state index contributed by atoms with van der Waals surface area (Å²) >= 11 is 0. The lowest BCUT2D eigenvalue weighted by atomic mass is 9.82. The lowest BCUT2D eigenvalue weighted by Gasteiger charge is -2.30. The van der Waals surface area contributed by atoms with Crippen LogP contribution >= 0.6 is 0 Å². The first-order valence-corrected chi connectivity index (χ1v) is 9.72. The monoisotopic (exact) mass is 383 g/mol. The van der Waals surface area contributed by atoms with Gasteiger partial charge in [0.15, 0.2) is 5.54 Å². The van der Waals surface area contributed by atoms with Crippen molar-refractivity contribution in [2.24, 2.45) is 5.41 Å². The lowest BCUT2D eigenvalue weighted by molar-refractivity contribution is -0.540. The Kier molecular flexibility index (Phi) is 5.27. The molecule has 0 aliphatic carbocycles. The maximum atomic E-state index is 12.4. The van der Waals surface area contributed by atoms with Crippen molar-refractivity contribution < 1.29 is 35.1 Å². The van der Waals surface area contributed by atoms with Crippen molar-refractivity contribution in [2.75, 3.05) is 0 Å². The van der Waals surface area contributed by atoms with Gasteiger partial charge in [0.2, 0.25) is 17.1 Å². The number of rotatable bonds is 5. The van der Waals surface area contributed by atoms with Gasteiger partial charge in [0, 0.05) is 26.3 Å². The average Bonchev–Trinajstić information content (AvgIpc) is 2.68. The second-order valence-electron chi connectivity index (χ2n) is 7.25. The minimum absolute atomic E-state index is 0.214. The Bertz CT molecular complexity index is 854. The third kappa shape index (κ3) is 5.30. The number of hydroxylamine groups is 1. The molecule has 2 N–H and O–H groups in total. The van der Waals surface area contributed by atoms with Crippen LogP contribution in [0.15, 0.2) is 20.5 Å². The van der Waals surface area contributed by atoms with Gasteiger partial charge in [-0.1, -0.05) is 20.8 Å². The molecule has 24 heavy (non-hydrogen) atoms. The maximum absolute atomic E-state index is 12.4. The molecule has 0 aromatic carbocycles. The molecule has 0 spiro atoms. The average molecular weight is 383 g/mol. The molecule has 0 radical (unpaired) electrons. The van der Waals surface area contributed by atoms with Gasteiger partial charge in [-0.05, 0) is 5.41 Å². The van der Waals surface area contributed by atoms with Crippen LogP contribution in [0.25, 0.3) is 0 Å². The molecule has 11 heteroatoms. The number of hydrogen-bond acceptors (Lipinski definition) is 6. The van der Waals surface area contributed by atoms with Crippen LogP contribution < -0.4 is 0 Å². The number of hydrogen-bond donors (Lipinski definition) is 2. The molecule has 0 aliphatic heterocycles. The van der Waals surface area contributed by atoms with E-state index in [9.17, 15) is 22.0 Å². The minimum atomic E-state index is -4.87. The molecule has 0 saturated heterocycles. The maximum Gasteiger partial charge on any atom is 0.328 e. The number of furan rings is 1. The molecule has 0 unspecified atom stereocenters. The summed E-state index contributed by atoms with van der Waals surface area (Å²) in [5.41, 5.74) is -1.19. The van der Waals surface area contributed by atoms with E-state index in [1.165, 1.54) is 0 Å². The van der Waals surface area contributed by atoms with E-state index in [2.05, 4.69) is 0 Å². The molecule has 0 aliphatic rings. The Morgan fingerprint density at radius 3 is 2.00 bits per heavy atom. The Morgan fingerprint density at radius 2 is 1.62 bits per heavy atom. The van der Waals surface area contributed by atoms with Gasteiger partial charge in [-0.3, -0.25) is 9.11 Å². The van der Waals surface area contributed by atoms with Crippen molar-refractivity contribution in [1.82, 2.24) is 0 Å². The summed E-state index contributed by atoms with van der Waals surface area (Å²) in [4.78, 5) is -0.928. The van der Waals surface area contributed by atoms with E-state index in [4.69, 9.17) is 13.5 Å². The molecule has 0 amide bonds. The van der Waals surface area contributed by atoms with Gasteiger partial charge in [0.1, 0.15) is 4.90 Å². The summed E-state index contributed by atoms with van der Waals surface area (Å²) in [6.07, 6.45) is 1.15. The highest BCUT2D eigenvalue weighted by Crippen LogP contribution is 2.29. The van der Waals surface area contributed by atoms with Gasteiger partial charge >= 0.3 is 10.1 Å². The zero-order valence-corrected chi connectivity index (χ0v) is 15.6. The molecule has 0 atom stereocenters. The lowest BCUT2D eigenvalue weighted by Crippen LogP contribution is -2.37. The van der Waals surface area contributed by atoms with Gasteiger partial charge in [-0.2, -0.15) is 16.8 Å². The fourth-order valence-electron chi connectivity index (χ4n) is 2.44. The summed E-state index contributed by atoms with van der Waals surface area (Å²) < 4.78 is 68.0. The van der Waals surface area contributed by atoms with E-state index in [-0.39, 0.29) is 5.41 Å². The first-order valence-electron chi connectivity index (χ1n) is 6.84. The first-order chi connectivity index (χ1) is 10.4. The smallest absolute Gasteiger partial charge is 0.328 e. The minimum Gasteiger partial charge on any atom is -0.623 e. The molecular formula is C13H21NO8S2. The zero-order chi connectivity index (χ0) is 19.1. The van der Waals surface area contributed by atoms with Crippen LogP contribution in [-0.2, 0) is 20.2 Å². The van der Waals surface area contributed by atoms with Crippen molar-refractivity contribution in [3.05, 3.63) is 17.0 Å². The van der Waals surface area contributed by atoms with Crippen LogP contribution in [0.3, 0.4) is 0 Å². The zero-order valence-electron chi connectivity index (χ0n) is 14.0. The third-order valence-electron chi connectivity index (χ3n) is 3.03. The van der Waals surface area contributed by atoms with Crippen LogP contribution in [0.1, 0.15) is 46.8 Å². The van der Waals surface area contributed by atoms with Crippen LogP contribution in [0.2, 0.25) is 0 Å². The Morgan fingerprint density at radius 1 is 1.12 bits per heavy atom. The number of nitrogens with zero attached hydrogens (tertiary/aromatic N) is 1. The molecule has 0 saturated carbocycles. The molecular weight excluding hydrogens is 362 g/mol. The molecule has 9 nitrogen and oxygen atoms in total. The predicted molar refractivity (Wildman–Crippen MR) is 85.3 cm³/mol. The van der Waals surface area contributed by atoms with Crippen LogP contribution in [-0.4, -0.2) is 42.4 Å². The van der Waals surface area contributed by atoms with E-state index >= 15 is 0 Å². The molecule has 0 bridgehead atoms. The van der Waals surface area contributed by atoms with Gasteiger partial charge < -0.3 is 9.62 Å². The second kappa shape index (κ2) is 6.14. The van der Waals surface area contributed by atoms with E-state index in [0.29, 0.717) is 17.2 Å². The Balaban J connectivity index is 3.49. The molecule has 1 aromatic heterocycles. The normalized spacial score (nSPS) is 14.9. The fourth-order valence-corrected chi connectivity index (χ4v) is 3.58. The summed E-state index contributed by atoms with van der Waals surface area (Å²) in [7, 11) is -9.71. The topological polar surface area (TPSA) is 148 Å². The van der Waals surface area contributed by atoms with E-state index in [0.717, 1.165) is 6.21 Å². The Hall–Kier alpha value is -1.43. The van der Waals surface area contributed by atoms with Crippen molar-refractivity contribution >= 4 is 26.5 Å². The molecule has 1 aromatic rings. The fraction of sp³-hybridized carbons (Fsp3) is 0.615. The highest BCUT2D eigenvalue weighted by Gasteiger charge is 2.34. The van der Waals surface area contributed by atoms with Gasteiger partial charge in [-0.15, -0.1) is 0 Å². The quantitative estimate of drug-likeness (QED) is 0.257. The first kappa shape index (κ1) is 20.6. The van der Waals surface area contributed by atoms with Crippen LogP contribution in [0.4, 0.5) is 0 Å². The van der Waals surface area contributed by atoms with E-state index < -0.39 is 41.5 Å². The largest absolute Gasteiger partial charge is 0.623 e. The SMILES string of the molecule is CC(C)(C)CC(C)(C)[N+]([O-])=Cc1oc(S(=O)(=O)O)cc1S(=O)(=O)O. The standard InChI is InChI=1S/C13H21NO8S2/c1-12(2,3)8-13(4,5)14(15)7-9-10(23(16,17)18)6-11(22-9)24(19,20)21/h6-7H,8H2,1-5H3,(H,16,17,18)(H,19,20,21). The Labute approximate surface area is 141 Å². The van der Waals surface area contributed by atoms with E-state index in [1.54, 1.807) is 13.8 Å². The molecule has 1 heterocycles. The highest BCUT2D eigenvalue weighted by molar-refractivity contribution is 7.86. The van der Waals surface area contributed by atoms with Crippen molar-refractivity contribution in [2.45, 2.75) is 56.6 Å². The van der Waals surface area contributed by atoms with Crippen molar-refractivity contribution in [3.8, 4) is 0 Å². The van der Waals surface area contributed by atoms with Gasteiger partial charge in [-0.25, -0.2) is 4.74 Å². The van der Waals surface area contributed by atoms with Gasteiger partial charge in [0.05, 0.1) is 0 Å². The van der Waals surface area contributed by atoms with Crippen molar-refractivity contribution in [1.29, 1.82) is 0 Å². The second-order valence-corrected chi connectivity index (χ2v) is 9.99. The van der Waals surface area contributed by atoms with Gasteiger partial charge in [0.25, 0.3) is 10.1 Å². The summed E-state index contributed by atoms with van der Waals surface area (Å²) in [5, 5.41) is 11.3. The summed E-state index contributed by atoms with van der Waals surface area (Å²) in [6, 6.07) is 0.432. The third-order valence-corrected chi connectivity index (χ3v) is 4.61. The van der Waals surface area contributed by atoms with Crippen LogP contribution in [0.5, 0.6) is 0 Å². The van der Waals surface area contributed by atoms with Crippen LogP contribution in [0, 0.1) is 10.6 Å². The predicted octanol–water partition coefficient (Wildman–Crippen LogP) is 1.92. The summed E-state index contributed by atoms with van der Waals surface area (Å²) in [6.45, 7) is 8.96. The molecule has 138 valence electrons. The molecule has 0 fully saturated rings. The van der Waals surface area contributed by atoms with Crippen molar-refractivity contribution in [3.63, 3.8) is 0 Å². The summed E-state index contributed by atoms with van der Waals surface area (Å²) in [5.74, 6) is -0.692. The highest BCUT2D eigenvalue weighted by atomic mass is 32.2.